The number of fused-ring (bicyclic) bond motifs is 4. The van der Waals surface area contributed by atoms with Crippen molar-refractivity contribution < 1.29 is 18.7 Å². The molecule has 0 unspecified atom stereocenters. The number of carbonyl (C=O) groups is 1. The average molecular weight is 426 g/mol. The summed E-state index contributed by atoms with van der Waals surface area (Å²) in [5, 5.41) is 1.10. The minimum atomic E-state index is -0.0979. The fourth-order valence-electron chi connectivity index (χ4n) is 4.52. The molecule has 0 spiro atoms. The summed E-state index contributed by atoms with van der Waals surface area (Å²) in [5.74, 6) is 2.47. The van der Waals surface area contributed by atoms with Crippen molar-refractivity contribution in [2.24, 2.45) is 0 Å². The summed E-state index contributed by atoms with van der Waals surface area (Å²) in [6, 6.07) is 15.7. The van der Waals surface area contributed by atoms with Crippen LogP contribution in [-0.2, 0) is 19.6 Å². The summed E-state index contributed by atoms with van der Waals surface area (Å²) in [6.07, 6.45) is 5.59. The van der Waals surface area contributed by atoms with Crippen LogP contribution in [0.2, 0.25) is 0 Å². The summed E-state index contributed by atoms with van der Waals surface area (Å²) in [6.45, 7) is 4.67. The van der Waals surface area contributed by atoms with Gasteiger partial charge in [-0.05, 0) is 43.3 Å². The highest BCUT2D eigenvalue weighted by atomic mass is 16.5. The Hall–Kier alpha value is -3.77. The van der Waals surface area contributed by atoms with Crippen molar-refractivity contribution in [1.82, 2.24) is 9.47 Å². The van der Waals surface area contributed by atoms with Crippen molar-refractivity contribution in [2.75, 3.05) is 6.73 Å². The van der Waals surface area contributed by atoms with Crippen LogP contribution in [0.5, 0.6) is 11.5 Å². The van der Waals surface area contributed by atoms with Gasteiger partial charge in [0.25, 0.3) is 0 Å². The number of ketones is 1. The molecule has 2 aliphatic rings. The van der Waals surface area contributed by atoms with Crippen molar-refractivity contribution in [3.8, 4) is 11.5 Å². The summed E-state index contributed by atoms with van der Waals surface area (Å²) < 4.78 is 19.8. The molecule has 6 rings (SSSR count). The highest BCUT2D eigenvalue weighted by Gasteiger charge is 2.34. The molecule has 0 radical (unpaired) electrons. The number of nitrogens with zero attached hydrogens (tertiary/aromatic N) is 2. The molecule has 0 N–H and O–H groups in total. The maximum atomic E-state index is 13.2. The molecular weight excluding hydrogens is 404 g/mol. The number of carbonyl (C=O) groups excluding carboxylic acids is 1. The van der Waals surface area contributed by atoms with Crippen LogP contribution in [0.1, 0.15) is 34.2 Å². The Kier molecular flexibility index (Phi) is 4.40. The zero-order valence-electron chi connectivity index (χ0n) is 17.7. The van der Waals surface area contributed by atoms with Gasteiger partial charge in [-0.2, -0.15) is 0 Å². The molecule has 0 saturated carbocycles. The molecule has 0 saturated heterocycles. The molecule has 0 amide bonds. The van der Waals surface area contributed by atoms with E-state index in [4.69, 9.17) is 13.9 Å². The fraction of sp³-hybridized carbons (Fsp3) is 0.192. The molecule has 6 heteroatoms. The molecule has 0 bridgehead atoms. The van der Waals surface area contributed by atoms with Gasteiger partial charge in [-0.3, -0.25) is 9.69 Å². The number of furan rings is 1. The summed E-state index contributed by atoms with van der Waals surface area (Å²) >= 11 is 0. The second kappa shape index (κ2) is 7.43. The summed E-state index contributed by atoms with van der Waals surface area (Å²) in [7, 11) is 0. The third-order valence-corrected chi connectivity index (χ3v) is 6.09. The third kappa shape index (κ3) is 3.03. The number of aryl methyl sites for hydroxylation is 1. The van der Waals surface area contributed by atoms with E-state index in [1.807, 2.05) is 36.4 Å². The van der Waals surface area contributed by atoms with E-state index in [1.165, 1.54) is 0 Å². The number of Topliss-reactive ketones (excluding diaryl/α,β-unsaturated/α-hetero) is 1. The lowest BCUT2D eigenvalue weighted by atomic mass is 10.0. The number of ether oxygens (including phenoxy) is 2. The van der Waals surface area contributed by atoms with E-state index in [1.54, 1.807) is 12.3 Å². The van der Waals surface area contributed by atoms with E-state index in [0.29, 0.717) is 36.9 Å². The van der Waals surface area contributed by atoms with Gasteiger partial charge in [-0.25, -0.2) is 0 Å². The van der Waals surface area contributed by atoms with Crippen LogP contribution in [0.4, 0.5) is 0 Å². The molecule has 0 fully saturated rings. The third-order valence-electron chi connectivity index (χ3n) is 6.09. The molecule has 0 atom stereocenters. The number of rotatable bonds is 4. The van der Waals surface area contributed by atoms with Crippen molar-refractivity contribution >= 4 is 22.8 Å². The zero-order valence-corrected chi connectivity index (χ0v) is 17.7. The van der Waals surface area contributed by atoms with Crippen LogP contribution >= 0.6 is 0 Å². The lowest BCUT2D eigenvalue weighted by Crippen LogP contribution is -2.31. The van der Waals surface area contributed by atoms with E-state index in [0.717, 1.165) is 40.1 Å². The molecular formula is C26H22N2O4. The van der Waals surface area contributed by atoms with E-state index in [2.05, 4.69) is 34.7 Å². The second-order valence-electron chi connectivity index (χ2n) is 8.09. The second-order valence-corrected chi connectivity index (χ2v) is 8.09. The van der Waals surface area contributed by atoms with E-state index in [-0.39, 0.29) is 5.78 Å². The molecule has 4 aromatic rings. The minimum absolute atomic E-state index is 0.0979. The number of hydrogen-bond acceptors (Lipinski definition) is 5. The van der Waals surface area contributed by atoms with Gasteiger partial charge in [0, 0.05) is 35.8 Å². The van der Waals surface area contributed by atoms with Crippen LogP contribution < -0.4 is 9.47 Å². The average Bonchev–Trinajstić information content (AvgIpc) is 3.53. The van der Waals surface area contributed by atoms with Gasteiger partial charge >= 0.3 is 0 Å². The number of hydrogen-bond donors (Lipinski definition) is 0. The molecule has 2 aromatic carbocycles. The molecule has 6 nitrogen and oxygen atoms in total. The largest absolute Gasteiger partial charge is 0.478 e. The standard InChI is InChI=1S/C26H22N2O4/c1-2-28-13-17(19-7-3-4-8-22(19)28)12-24-25(29)20-9-10-23-21(26(20)32-24)15-27(16-31-23)14-18-6-5-11-30-18/h3-13H,2,14-16H2,1H3/b24-12-. The lowest BCUT2D eigenvalue weighted by molar-refractivity contribution is 0.0810. The summed E-state index contributed by atoms with van der Waals surface area (Å²) in [5.41, 5.74) is 3.60. The first-order valence-corrected chi connectivity index (χ1v) is 10.8. The summed E-state index contributed by atoms with van der Waals surface area (Å²) in [4.78, 5) is 15.3. The maximum absolute atomic E-state index is 13.2. The first kappa shape index (κ1) is 19.0. The highest BCUT2D eigenvalue weighted by molar-refractivity contribution is 6.15. The predicted molar refractivity (Wildman–Crippen MR) is 120 cm³/mol. The van der Waals surface area contributed by atoms with E-state index < -0.39 is 0 Å². The van der Waals surface area contributed by atoms with Crippen molar-refractivity contribution in [3.63, 3.8) is 0 Å². The lowest BCUT2D eigenvalue weighted by Gasteiger charge is -2.29. The molecule has 2 aliphatic heterocycles. The minimum Gasteiger partial charge on any atom is -0.478 e. The Labute approximate surface area is 185 Å². The van der Waals surface area contributed by atoms with Crippen LogP contribution in [-0.4, -0.2) is 22.0 Å². The van der Waals surface area contributed by atoms with Crippen LogP contribution in [0.25, 0.3) is 17.0 Å². The van der Waals surface area contributed by atoms with E-state index >= 15 is 0 Å². The van der Waals surface area contributed by atoms with Gasteiger partial charge in [0.05, 0.1) is 23.9 Å². The molecule has 0 aliphatic carbocycles. The van der Waals surface area contributed by atoms with Crippen LogP contribution in [0.3, 0.4) is 0 Å². The molecule has 4 heterocycles. The number of para-hydroxylation sites is 1. The quantitative estimate of drug-likeness (QED) is 0.419. The van der Waals surface area contributed by atoms with Gasteiger partial charge in [-0.15, -0.1) is 0 Å². The first-order valence-electron chi connectivity index (χ1n) is 10.8. The van der Waals surface area contributed by atoms with Crippen molar-refractivity contribution in [3.05, 3.63) is 89.2 Å². The Morgan fingerprint density at radius 2 is 2.00 bits per heavy atom. The smallest absolute Gasteiger partial charge is 0.231 e. The van der Waals surface area contributed by atoms with Gasteiger partial charge < -0.3 is 18.5 Å². The number of aromatic nitrogens is 1. The van der Waals surface area contributed by atoms with Gasteiger partial charge in [0.1, 0.15) is 24.0 Å². The highest BCUT2D eigenvalue weighted by Crippen LogP contribution is 2.42. The van der Waals surface area contributed by atoms with Crippen molar-refractivity contribution in [2.45, 2.75) is 26.6 Å². The SMILES string of the molecule is CCn1cc(/C=C2\Oc3c(ccc4c3CN(Cc3ccco3)CO4)C2=O)c2ccccc21. The van der Waals surface area contributed by atoms with E-state index in [9.17, 15) is 4.79 Å². The van der Waals surface area contributed by atoms with Crippen LogP contribution in [0.15, 0.2) is 71.2 Å². The Morgan fingerprint density at radius 1 is 1.09 bits per heavy atom. The number of allylic oxidation sites excluding steroid dienone is 1. The van der Waals surface area contributed by atoms with Gasteiger partial charge in [-0.1, -0.05) is 18.2 Å². The van der Waals surface area contributed by atoms with Gasteiger partial charge in [0.15, 0.2) is 5.76 Å². The van der Waals surface area contributed by atoms with Crippen molar-refractivity contribution in [1.29, 1.82) is 0 Å². The van der Waals surface area contributed by atoms with Gasteiger partial charge in [0.2, 0.25) is 5.78 Å². The zero-order chi connectivity index (χ0) is 21.7. The molecule has 160 valence electrons. The number of benzene rings is 2. The topological polar surface area (TPSA) is 56.8 Å². The van der Waals surface area contributed by atoms with Crippen LogP contribution in [0, 0.1) is 0 Å². The maximum Gasteiger partial charge on any atom is 0.231 e. The Balaban J connectivity index is 1.35. The molecule has 32 heavy (non-hydrogen) atoms. The fourth-order valence-corrected chi connectivity index (χ4v) is 4.52. The monoisotopic (exact) mass is 426 g/mol. The normalized spacial score (nSPS) is 16.8. The Bertz CT molecular complexity index is 1360. The first-order chi connectivity index (χ1) is 15.7. The predicted octanol–water partition coefficient (Wildman–Crippen LogP) is 5.22. The molecule has 2 aromatic heterocycles. The Morgan fingerprint density at radius 3 is 2.84 bits per heavy atom.